The molecule has 2 aromatic heterocycles. The summed E-state index contributed by atoms with van der Waals surface area (Å²) in [6.45, 7) is 0. The maximum Gasteiger partial charge on any atom is 0.188 e. The smallest absolute Gasteiger partial charge is 0.188 e. The Morgan fingerprint density at radius 1 is 0.812 bits per heavy atom. The number of nitrogens with zero attached hydrogens (tertiary/aromatic N) is 3. The van der Waals surface area contributed by atoms with Gasteiger partial charge >= 0.3 is 0 Å². The molecule has 6 rings (SSSR count). The number of aromatic nitrogens is 3. The molecule has 0 radical (unpaired) electrons. The quantitative estimate of drug-likeness (QED) is 0.328. The Bertz CT molecular complexity index is 1440. The molecule has 0 unspecified atom stereocenters. The Balaban J connectivity index is 1.58. The number of carbonyl (C=O) groups is 1. The highest BCUT2D eigenvalue weighted by molar-refractivity contribution is 6.00. The van der Waals surface area contributed by atoms with Crippen LogP contribution in [0.4, 0.5) is 0 Å². The van der Waals surface area contributed by atoms with E-state index in [0.717, 1.165) is 28.1 Å². The van der Waals surface area contributed by atoms with E-state index >= 15 is 0 Å². The van der Waals surface area contributed by atoms with Gasteiger partial charge in [0.25, 0.3) is 0 Å². The zero-order chi connectivity index (χ0) is 21.5. The molecule has 154 valence electrons. The van der Waals surface area contributed by atoms with Gasteiger partial charge in [0.05, 0.1) is 22.8 Å². The van der Waals surface area contributed by atoms with Gasteiger partial charge in [-0.1, -0.05) is 84.9 Å². The van der Waals surface area contributed by atoms with Crippen molar-refractivity contribution >= 4 is 22.9 Å². The Labute approximate surface area is 186 Å². The minimum atomic E-state index is -0.410. The first-order valence-electron chi connectivity index (χ1n) is 10.8. The van der Waals surface area contributed by atoms with Crippen molar-refractivity contribution in [3.63, 3.8) is 0 Å². The molecule has 0 saturated carbocycles. The lowest BCUT2D eigenvalue weighted by Crippen LogP contribution is -2.33. The zero-order valence-electron chi connectivity index (χ0n) is 17.4. The lowest BCUT2D eigenvalue weighted by molar-refractivity contribution is 0.0898. The molecule has 1 aliphatic rings. The molecule has 0 N–H and O–H groups in total. The normalized spacial score (nSPS) is 17.4. The van der Waals surface area contributed by atoms with Crippen molar-refractivity contribution in [2.75, 3.05) is 0 Å². The van der Waals surface area contributed by atoms with Crippen LogP contribution in [-0.4, -0.2) is 19.9 Å². The molecule has 0 saturated heterocycles. The maximum atomic E-state index is 13.9. The van der Waals surface area contributed by atoms with Crippen LogP contribution >= 0.6 is 0 Å². The van der Waals surface area contributed by atoms with Crippen LogP contribution in [0.5, 0.6) is 0 Å². The van der Waals surface area contributed by atoms with Gasteiger partial charge in [-0.2, -0.15) is 0 Å². The predicted molar refractivity (Wildman–Crippen MR) is 127 cm³/mol. The Morgan fingerprint density at radius 2 is 1.53 bits per heavy atom. The lowest BCUT2D eigenvalue weighted by Gasteiger charge is -2.34. The molecule has 0 spiro atoms. The highest BCUT2D eigenvalue weighted by Gasteiger charge is 2.38. The molecule has 0 amide bonds. The summed E-state index contributed by atoms with van der Waals surface area (Å²) in [6.07, 6.45) is 6.23. The first kappa shape index (κ1) is 18.6. The molecule has 5 aromatic rings. The van der Waals surface area contributed by atoms with Crippen molar-refractivity contribution in [2.24, 2.45) is 0 Å². The van der Waals surface area contributed by atoms with E-state index in [1.165, 1.54) is 0 Å². The van der Waals surface area contributed by atoms with E-state index in [0.29, 0.717) is 5.56 Å². The topological polar surface area (TPSA) is 39.8 Å². The third-order valence-electron chi connectivity index (χ3n) is 6.14. The fraction of sp³-hybridized carbons (Fsp3) is 0.0714. The van der Waals surface area contributed by atoms with Crippen molar-refractivity contribution < 1.29 is 4.79 Å². The van der Waals surface area contributed by atoms with Gasteiger partial charge in [0.2, 0.25) is 0 Å². The molecule has 3 heterocycles. The monoisotopic (exact) mass is 415 g/mol. The van der Waals surface area contributed by atoms with Gasteiger partial charge in [0.1, 0.15) is 6.04 Å². The molecular weight excluding hydrogens is 394 g/mol. The SMILES string of the molecule is O=C(c1ccccc1)[C@H]1[C@H](/C=C/c2ccccc2)n2c(nc3ccccc32)-c2cccn21. The average molecular weight is 415 g/mol. The van der Waals surface area contributed by atoms with Crippen LogP contribution in [0, 0.1) is 0 Å². The maximum absolute atomic E-state index is 13.9. The molecule has 4 nitrogen and oxygen atoms in total. The van der Waals surface area contributed by atoms with Gasteiger partial charge in [-0.3, -0.25) is 4.79 Å². The number of allylic oxidation sites excluding steroid dienone is 1. The van der Waals surface area contributed by atoms with E-state index in [1.807, 2.05) is 85.1 Å². The van der Waals surface area contributed by atoms with Crippen LogP contribution in [0.1, 0.15) is 28.0 Å². The largest absolute Gasteiger partial charge is 0.332 e. The third kappa shape index (κ3) is 2.92. The molecule has 0 bridgehead atoms. The van der Waals surface area contributed by atoms with Crippen molar-refractivity contribution in [1.29, 1.82) is 0 Å². The summed E-state index contributed by atoms with van der Waals surface area (Å²) in [5.74, 6) is 0.977. The molecule has 0 aliphatic carbocycles. The highest BCUT2D eigenvalue weighted by atomic mass is 16.1. The number of carbonyl (C=O) groups excluding carboxylic acids is 1. The number of hydrogen-bond donors (Lipinski definition) is 0. The minimum Gasteiger partial charge on any atom is -0.332 e. The van der Waals surface area contributed by atoms with E-state index < -0.39 is 6.04 Å². The van der Waals surface area contributed by atoms with E-state index in [4.69, 9.17) is 4.98 Å². The van der Waals surface area contributed by atoms with Crippen molar-refractivity contribution in [3.05, 3.63) is 120 Å². The van der Waals surface area contributed by atoms with Gasteiger partial charge in [0, 0.05) is 11.8 Å². The lowest BCUT2D eigenvalue weighted by atomic mass is 9.94. The summed E-state index contributed by atoms with van der Waals surface area (Å²) in [6, 6.07) is 31.3. The molecular formula is C28H21N3O. The van der Waals surface area contributed by atoms with Crippen LogP contribution in [0.15, 0.2) is 109 Å². The number of rotatable bonds is 4. The second kappa shape index (κ2) is 7.50. The van der Waals surface area contributed by atoms with Crippen LogP contribution in [0.2, 0.25) is 0 Å². The fourth-order valence-electron chi connectivity index (χ4n) is 4.68. The number of para-hydroxylation sites is 2. The van der Waals surface area contributed by atoms with Crippen molar-refractivity contribution in [3.8, 4) is 11.5 Å². The standard InChI is InChI=1S/C28H21N3O/c32-27(21-12-5-2-6-13-21)26-24(18-17-20-10-3-1-4-11-20)31-23-15-8-7-14-22(23)29-28(31)25-16-9-19-30(25)26/h1-19,24,26H/b18-17+/t24-,26+/m0/s1. The Kier molecular flexibility index (Phi) is 4.36. The number of fused-ring (bicyclic) bond motifs is 5. The molecule has 32 heavy (non-hydrogen) atoms. The van der Waals surface area contributed by atoms with Crippen LogP contribution in [-0.2, 0) is 0 Å². The Hall–Kier alpha value is -4.18. The highest BCUT2D eigenvalue weighted by Crippen LogP contribution is 2.42. The summed E-state index contributed by atoms with van der Waals surface area (Å²) in [5.41, 5.74) is 4.73. The summed E-state index contributed by atoms with van der Waals surface area (Å²) in [7, 11) is 0. The molecule has 0 fully saturated rings. The second-order valence-electron chi connectivity index (χ2n) is 8.03. The summed E-state index contributed by atoms with van der Waals surface area (Å²) in [4.78, 5) is 18.8. The van der Waals surface area contributed by atoms with E-state index in [1.54, 1.807) is 0 Å². The number of benzene rings is 3. The minimum absolute atomic E-state index is 0.0918. The van der Waals surface area contributed by atoms with E-state index in [2.05, 4.69) is 39.5 Å². The number of imidazole rings is 1. The Morgan fingerprint density at radius 3 is 2.34 bits per heavy atom. The number of Topliss-reactive ketones (excluding diaryl/α,β-unsaturated/α-hetero) is 1. The molecule has 1 aliphatic heterocycles. The third-order valence-corrected chi connectivity index (χ3v) is 6.14. The molecule has 4 heteroatoms. The fourth-order valence-corrected chi connectivity index (χ4v) is 4.68. The summed E-state index contributed by atoms with van der Waals surface area (Å²) in [5, 5.41) is 0. The van der Waals surface area contributed by atoms with E-state index in [-0.39, 0.29) is 11.8 Å². The number of ketones is 1. The zero-order valence-corrected chi connectivity index (χ0v) is 17.4. The predicted octanol–water partition coefficient (Wildman–Crippen LogP) is 6.20. The number of hydrogen-bond acceptors (Lipinski definition) is 2. The van der Waals surface area contributed by atoms with Gasteiger partial charge in [0.15, 0.2) is 11.6 Å². The van der Waals surface area contributed by atoms with Gasteiger partial charge in [-0.05, 0) is 29.8 Å². The van der Waals surface area contributed by atoms with Crippen LogP contribution < -0.4 is 0 Å². The van der Waals surface area contributed by atoms with Gasteiger partial charge < -0.3 is 9.13 Å². The summed E-state index contributed by atoms with van der Waals surface area (Å²) >= 11 is 0. The van der Waals surface area contributed by atoms with E-state index in [9.17, 15) is 4.79 Å². The second-order valence-corrected chi connectivity index (χ2v) is 8.03. The first-order valence-corrected chi connectivity index (χ1v) is 10.8. The van der Waals surface area contributed by atoms with Crippen LogP contribution in [0.3, 0.4) is 0 Å². The van der Waals surface area contributed by atoms with Crippen molar-refractivity contribution in [1.82, 2.24) is 14.1 Å². The first-order chi connectivity index (χ1) is 15.8. The van der Waals surface area contributed by atoms with Gasteiger partial charge in [-0.15, -0.1) is 0 Å². The molecule has 2 atom stereocenters. The molecule has 3 aromatic carbocycles. The van der Waals surface area contributed by atoms with Crippen LogP contribution in [0.25, 0.3) is 28.6 Å². The summed E-state index contributed by atoms with van der Waals surface area (Å²) < 4.78 is 4.30. The van der Waals surface area contributed by atoms with Gasteiger partial charge in [-0.25, -0.2) is 4.98 Å². The van der Waals surface area contributed by atoms with Crippen molar-refractivity contribution in [2.45, 2.75) is 12.1 Å². The average Bonchev–Trinajstić information content (AvgIpc) is 3.48.